The Morgan fingerprint density at radius 1 is 1.27 bits per heavy atom. The molecule has 0 saturated carbocycles. The lowest BCUT2D eigenvalue weighted by molar-refractivity contribution is -0.139. The Hall–Kier alpha value is -1.79. The van der Waals surface area contributed by atoms with Crippen LogP contribution in [0.5, 0.6) is 11.5 Å². The lowest BCUT2D eigenvalue weighted by atomic mass is 10.0. The number of piperidine rings is 1. The largest absolute Gasteiger partial charge is 0.493 e. The number of carboxylic acid groups (broad SMARTS) is 1. The summed E-state index contributed by atoms with van der Waals surface area (Å²) in [6.45, 7) is 8.57. The summed E-state index contributed by atoms with van der Waals surface area (Å²) in [5, 5.41) is 9.04. The van der Waals surface area contributed by atoms with E-state index in [0.29, 0.717) is 12.6 Å². The van der Waals surface area contributed by atoms with Gasteiger partial charge in [0, 0.05) is 12.6 Å². The average Bonchev–Trinajstić information content (AvgIpc) is 2.65. The summed E-state index contributed by atoms with van der Waals surface area (Å²) in [4.78, 5) is 15.5. The zero-order valence-corrected chi connectivity index (χ0v) is 16.2. The van der Waals surface area contributed by atoms with E-state index >= 15 is 0 Å². The van der Waals surface area contributed by atoms with E-state index in [4.69, 9.17) is 14.6 Å². The number of likely N-dealkylation sites (tertiary alicyclic amines) is 1. The van der Waals surface area contributed by atoms with E-state index in [1.807, 2.05) is 13.0 Å². The molecule has 146 valence electrons. The molecule has 1 fully saturated rings. The number of hydrogen-bond donors (Lipinski definition) is 1. The van der Waals surface area contributed by atoms with Crippen molar-refractivity contribution < 1.29 is 19.4 Å². The quantitative estimate of drug-likeness (QED) is 0.689. The Kier molecular flexibility index (Phi) is 8.19. The summed E-state index contributed by atoms with van der Waals surface area (Å²) >= 11 is 0. The summed E-state index contributed by atoms with van der Waals surface area (Å²) in [5.74, 6) is 0.834. The van der Waals surface area contributed by atoms with Crippen LogP contribution < -0.4 is 9.47 Å². The zero-order chi connectivity index (χ0) is 18.9. The summed E-state index contributed by atoms with van der Waals surface area (Å²) in [5.41, 5.74) is 1.21. The third-order valence-electron chi connectivity index (χ3n) is 4.91. The normalized spacial score (nSPS) is 16.0. The fourth-order valence-electron chi connectivity index (χ4n) is 3.52. The maximum atomic E-state index is 11.0. The van der Waals surface area contributed by atoms with Crippen LogP contribution in [-0.4, -0.2) is 66.8 Å². The summed E-state index contributed by atoms with van der Waals surface area (Å²) in [7, 11) is 1.67. The molecule has 0 unspecified atom stereocenters. The van der Waals surface area contributed by atoms with Gasteiger partial charge in [-0.05, 0) is 56.6 Å². The van der Waals surface area contributed by atoms with Crippen LogP contribution in [0.4, 0.5) is 0 Å². The molecule has 1 aromatic carbocycles. The SMILES string of the molecule is CCCOc1ccc(CN2CCC(N(CC)CC(=O)O)CC2)cc1OC. The molecule has 1 heterocycles. The number of nitrogens with zero attached hydrogens (tertiary/aromatic N) is 2. The van der Waals surface area contributed by atoms with Gasteiger partial charge in [0.15, 0.2) is 11.5 Å². The van der Waals surface area contributed by atoms with E-state index in [9.17, 15) is 4.79 Å². The number of likely N-dealkylation sites (N-methyl/N-ethyl adjacent to an activating group) is 1. The van der Waals surface area contributed by atoms with Crippen molar-refractivity contribution in [1.29, 1.82) is 0 Å². The van der Waals surface area contributed by atoms with Crippen molar-refractivity contribution in [2.45, 2.75) is 45.7 Å². The van der Waals surface area contributed by atoms with Gasteiger partial charge in [-0.25, -0.2) is 0 Å². The third kappa shape index (κ3) is 5.88. The van der Waals surface area contributed by atoms with Crippen LogP contribution in [0.1, 0.15) is 38.7 Å². The van der Waals surface area contributed by atoms with Gasteiger partial charge in [0.2, 0.25) is 0 Å². The number of benzene rings is 1. The fourth-order valence-corrected chi connectivity index (χ4v) is 3.52. The number of aliphatic carboxylic acids is 1. The summed E-state index contributed by atoms with van der Waals surface area (Å²) in [6, 6.07) is 6.51. The van der Waals surface area contributed by atoms with E-state index in [0.717, 1.165) is 56.9 Å². The highest BCUT2D eigenvalue weighted by molar-refractivity contribution is 5.69. The van der Waals surface area contributed by atoms with Crippen molar-refractivity contribution in [2.24, 2.45) is 0 Å². The van der Waals surface area contributed by atoms with E-state index in [-0.39, 0.29) is 6.54 Å². The smallest absolute Gasteiger partial charge is 0.317 e. The Labute approximate surface area is 156 Å². The van der Waals surface area contributed by atoms with E-state index in [2.05, 4.69) is 28.9 Å². The van der Waals surface area contributed by atoms with Gasteiger partial charge >= 0.3 is 5.97 Å². The Morgan fingerprint density at radius 2 is 2.00 bits per heavy atom. The molecule has 0 aromatic heterocycles. The molecule has 26 heavy (non-hydrogen) atoms. The molecule has 0 spiro atoms. The van der Waals surface area contributed by atoms with Crippen LogP contribution in [0, 0.1) is 0 Å². The molecule has 1 saturated heterocycles. The van der Waals surface area contributed by atoms with E-state index in [1.54, 1.807) is 7.11 Å². The first kappa shape index (κ1) is 20.5. The maximum absolute atomic E-state index is 11.0. The zero-order valence-electron chi connectivity index (χ0n) is 16.2. The second-order valence-electron chi connectivity index (χ2n) is 6.80. The molecule has 0 atom stereocenters. The van der Waals surface area contributed by atoms with Crippen LogP contribution in [0.3, 0.4) is 0 Å². The molecule has 0 radical (unpaired) electrons. The van der Waals surface area contributed by atoms with Crippen molar-refractivity contribution in [3.05, 3.63) is 23.8 Å². The van der Waals surface area contributed by atoms with Crippen molar-refractivity contribution in [2.75, 3.05) is 39.9 Å². The fraction of sp³-hybridized carbons (Fsp3) is 0.650. The number of hydrogen-bond acceptors (Lipinski definition) is 5. The van der Waals surface area contributed by atoms with Gasteiger partial charge < -0.3 is 14.6 Å². The monoisotopic (exact) mass is 364 g/mol. The van der Waals surface area contributed by atoms with Gasteiger partial charge in [-0.15, -0.1) is 0 Å². The highest BCUT2D eigenvalue weighted by atomic mass is 16.5. The second-order valence-corrected chi connectivity index (χ2v) is 6.80. The second kappa shape index (κ2) is 10.4. The first-order valence-corrected chi connectivity index (χ1v) is 9.55. The van der Waals surface area contributed by atoms with Gasteiger partial charge in [0.1, 0.15) is 0 Å². The number of carbonyl (C=O) groups is 1. The number of ether oxygens (including phenoxy) is 2. The van der Waals surface area contributed by atoms with E-state index < -0.39 is 5.97 Å². The topological polar surface area (TPSA) is 62.2 Å². The molecule has 2 rings (SSSR count). The molecule has 1 aliphatic heterocycles. The van der Waals surface area contributed by atoms with Gasteiger partial charge in [0.25, 0.3) is 0 Å². The molecule has 0 amide bonds. The Bertz CT molecular complexity index is 571. The average molecular weight is 364 g/mol. The third-order valence-corrected chi connectivity index (χ3v) is 4.91. The molecule has 6 nitrogen and oxygen atoms in total. The molecule has 1 N–H and O–H groups in total. The Balaban J connectivity index is 1.89. The first-order valence-electron chi connectivity index (χ1n) is 9.55. The molecule has 1 aromatic rings. The standard InChI is InChI=1S/C20H32N2O4/c1-4-12-26-18-7-6-16(13-19(18)25-3)14-21-10-8-17(9-11-21)22(5-2)15-20(23)24/h6-7,13,17H,4-5,8-12,14-15H2,1-3H3,(H,23,24). The first-order chi connectivity index (χ1) is 12.6. The molecule has 1 aliphatic rings. The van der Waals surface area contributed by atoms with Crippen molar-refractivity contribution in [3.63, 3.8) is 0 Å². The minimum atomic E-state index is -0.744. The van der Waals surface area contributed by atoms with Crippen molar-refractivity contribution in [3.8, 4) is 11.5 Å². The summed E-state index contributed by atoms with van der Waals surface area (Å²) < 4.78 is 11.2. The predicted octanol–water partition coefficient (Wildman–Crippen LogP) is 2.85. The lowest BCUT2D eigenvalue weighted by Gasteiger charge is -2.37. The minimum absolute atomic E-state index is 0.136. The lowest BCUT2D eigenvalue weighted by Crippen LogP contribution is -2.46. The van der Waals surface area contributed by atoms with Crippen molar-refractivity contribution >= 4 is 5.97 Å². The number of rotatable bonds is 10. The number of carboxylic acids is 1. The van der Waals surface area contributed by atoms with Crippen LogP contribution in [-0.2, 0) is 11.3 Å². The molecular formula is C20H32N2O4. The highest BCUT2D eigenvalue weighted by Crippen LogP contribution is 2.29. The van der Waals surface area contributed by atoms with Gasteiger partial charge in [-0.3, -0.25) is 14.6 Å². The highest BCUT2D eigenvalue weighted by Gasteiger charge is 2.25. The molecular weight excluding hydrogens is 332 g/mol. The predicted molar refractivity (Wildman–Crippen MR) is 102 cm³/mol. The van der Waals surface area contributed by atoms with Crippen LogP contribution in [0.2, 0.25) is 0 Å². The molecule has 0 aliphatic carbocycles. The Morgan fingerprint density at radius 3 is 2.58 bits per heavy atom. The minimum Gasteiger partial charge on any atom is -0.493 e. The van der Waals surface area contributed by atoms with Crippen LogP contribution in [0.15, 0.2) is 18.2 Å². The van der Waals surface area contributed by atoms with Gasteiger partial charge in [-0.1, -0.05) is 19.9 Å². The van der Waals surface area contributed by atoms with E-state index in [1.165, 1.54) is 5.56 Å². The van der Waals surface area contributed by atoms with Crippen LogP contribution >= 0.6 is 0 Å². The summed E-state index contributed by atoms with van der Waals surface area (Å²) in [6.07, 6.45) is 2.99. The van der Waals surface area contributed by atoms with Gasteiger partial charge in [0.05, 0.1) is 20.3 Å². The molecule has 6 heteroatoms. The van der Waals surface area contributed by atoms with Gasteiger partial charge in [-0.2, -0.15) is 0 Å². The van der Waals surface area contributed by atoms with Crippen molar-refractivity contribution in [1.82, 2.24) is 9.80 Å². The maximum Gasteiger partial charge on any atom is 0.317 e. The number of methoxy groups -OCH3 is 1. The van der Waals surface area contributed by atoms with Crippen LogP contribution in [0.25, 0.3) is 0 Å². The molecule has 0 bridgehead atoms.